The van der Waals surface area contributed by atoms with Gasteiger partial charge in [0.25, 0.3) is 0 Å². The smallest absolute Gasteiger partial charge is 0.208 e. The maximum atomic E-state index is 8.57. The molecule has 0 N–H and O–H groups in total. The number of benzene rings is 1. The average molecular weight is 347 g/mol. The van der Waals surface area contributed by atoms with Crippen LogP contribution in [0.15, 0.2) is 28.7 Å². The van der Waals surface area contributed by atoms with E-state index in [4.69, 9.17) is 4.79 Å². The van der Waals surface area contributed by atoms with Gasteiger partial charge < -0.3 is 0 Å². The van der Waals surface area contributed by atoms with Gasteiger partial charge in [-0.2, -0.15) is 0 Å². The zero-order valence-electron chi connectivity index (χ0n) is 5.43. The van der Waals surface area contributed by atoms with Crippen molar-refractivity contribution in [3.05, 3.63) is 32.3 Å². The average Bonchev–Trinajstić information content (AvgIpc) is 1.88. The molecule has 0 unspecified atom stereocenters. The summed E-state index contributed by atoms with van der Waals surface area (Å²) in [4.78, 5) is 8.57. The summed E-state index contributed by atoms with van der Waals surface area (Å²) in [6.07, 6.45) is 0. The molecule has 0 fully saturated rings. The summed E-state index contributed by atoms with van der Waals surface area (Å²) >= 11 is 9.95. The molecule has 0 aliphatic heterocycles. The molecule has 0 saturated heterocycles. The van der Waals surface area contributed by atoms with Crippen LogP contribution in [-0.2, 0) is 4.79 Å². The topological polar surface area (TPSA) is 17.1 Å². The normalized spacial score (nSPS) is 7.91. The van der Waals surface area contributed by atoms with Gasteiger partial charge in [0.1, 0.15) is 0 Å². The summed E-state index contributed by atoms with van der Waals surface area (Å²) < 4.78 is 2.40. The van der Waals surface area contributed by atoms with Crippen LogP contribution in [0.25, 0.3) is 0 Å². The van der Waals surface area contributed by atoms with Crippen LogP contribution in [0.5, 0.6) is 0 Å². The van der Waals surface area contributed by atoms with E-state index in [-0.39, 0.29) is 5.75 Å². The standard InChI is InChI=1S/C6H4BrI.CHClO/c7-5-2-1-3-6(8)4-5;2-1-3/h1-4H;1H. The lowest BCUT2D eigenvalue weighted by molar-refractivity contribution is 0.569. The molecule has 0 aromatic heterocycles. The van der Waals surface area contributed by atoms with Crippen LogP contribution < -0.4 is 0 Å². The number of rotatable bonds is 0. The molecule has 0 saturated carbocycles. The zero-order valence-corrected chi connectivity index (χ0v) is 9.93. The highest BCUT2D eigenvalue weighted by Gasteiger charge is 1.84. The second-order valence-electron chi connectivity index (χ2n) is 1.53. The van der Waals surface area contributed by atoms with Gasteiger partial charge in [0.15, 0.2) is 0 Å². The van der Waals surface area contributed by atoms with Gasteiger partial charge in [0.05, 0.1) is 0 Å². The van der Waals surface area contributed by atoms with Crippen LogP contribution in [-0.4, -0.2) is 5.75 Å². The van der Waals surface area contributed by atoms with E-state index in [0.29, 0.717) is 0 Å². The van der Waals surface area contributed by atoms with Gasteiger partial charge in [-0.1, -0.05) is 22.0 Å². The molecule has 1 aromatic rings. The van der Waals surface area contributed by atoms with Crippen LogP contribution >= 0.6 is 50.1 Å². The predicted molar refractivity (Wildman–Crippen MR) is 59.5 cm³/mol. The van der Waals surface area contributed by atoms with Crippen molar-refractivity contribution in [2.75, 3.05) is 0 Å². The molecule has 1 aromatic carbocycles. The molecular weight excluding hydrogens is 342 g/mol. The second kappa shape index (κ2) is 7.06. The van der Waals surface area contributed by atoms with Gasteiger partial charge in [-0.05, 0) is 52.4 Å². The van der Waals surface area contributed by atoms with Gasteiger partial charge in [-0.25, -0.2) is 0 Å². The Morgan fingerprint density at radius 3 is 2.36 bits per heavy atom. The highest BCUT2D eigenvalue weighted by atomic mass is 127. The lowest BCUT2D eigenvalue weighted by Gasteiger charge is -1.87. The van der Waals surface area contributed by atoms with E-state index < -0.39 is 0 Å². The largest absolute Gasteiger partial charge is 0.285 e. The predicted octanol–water partition coefficient (Wildman–Crippen LogP) is 3.47. The monoisotopic (exact) mass is 346 g/mol. The van der Waals surface area contributed by atoms with Crippen LogP contribution in [0.4, 0.5) is 0 Å². The van der Waals surface area contributed by atoms with Gasteiger partial charge in [0.2, 0.25) is 5.75 Å². The first-order chi connectivity index (χ1) is 5.20. The third-order valence-corrected chi connectivity index (χ3v) is 1.95. The fourth-order valence-electron chi connectivity index (χ4n) is 0.460. The molecule has 0 heterocycles. The Kier molecular flexibility index (Phi) is 7.31. The van der Waals surface area contributed by atoms with E-state index >= 15 is 0 Å². The minimum atomic E-state index is 0.222. The molecule has 60 valence electrons. The summed E-state index contributed by atoms with van der Waals surface area (Å²) in [5.41, 5.74) is 0. The van der Waals surface area contributed by atoms with Gasteiger partial charge >= 0.3 is 0 Å². The van der Waals surface area contributed by atoms with Crippen molar-refractivity contribution < 1.29 is 4.79 Å². The quantitative estimate of drug-likeness (QED) is 0.399. The highest BCUT2D eigenvalue weighted by molar-refractivity contribution is 14.1. The van der Waals surface area contributed by atoms with Crippen LogP contribution in [0, 0.1) is 3.57 Å². The summed E-state index contributed by atoms with van der Waals surface area (Å²) in [5, 5.41) is 0. The van der Waals surface area contributed by atoms with Crippen molar-refractivity contribution in [1.82, 2.24) is 0 Å². The van der Waals surface area contributed by atoms with E-state index in [2.05, 4.69) is 62.3 Å². The van der Waals surface area contributed by atoms with Crippen molar-refractivity contribution in [2.45, 2.75) is 0 Å². The maximum absolute atomic E-state index is 8.57. The van der Waals surface area contributed by atoms with Gasteiger partial charge in [0, 0.05) is 8.04 Å². The van der Waals surface area contributed by atoms with Crippen LogP contribution in [0.3, 0.4) is 0 Å². The first kappa shape index (κ1) is 11.4. The minimum absolute atomic E-state index is 0.222. The summed E-state index contributed by atoms with van der Waals surface area (Å²) in [6.45, 7) is 0. The Bertz CT molecular complexity index is 212. The zero-order chi connectivity index (χ0) is 8.69. The van der Waals surface area contributed by atoms with Crippen LogP contribution in [0.1, 0.15) is 0 Å². The molecule has 1 nitrogen and oxygen atoms in total. The Balaban J connectivity index is 0.000000292. The number of carbonyl (C=O) groups is 1. The van der Waals surface area contributed by atoms with Crippen molar-refractivity contribution in [2.24, 2.45) is 0 Å². The minimum Gasteiger partial charge on any atom is -0.285 e. The maximum Gasteiger partial charge on any atom is 0.208 e. The number of hydrogen-bond acceptors (Lipinski definition) is 1. The first-order valence-corrected chi connectivity index (χ1v) is 4.96. The van der Waals surface area contributed by atoms with Crippen molar-refractivity contribution in [3.8, 4) is 0 Å². The Labute approximate surface area is 92.4 Å². The van der Waals surface area contributed by atoms with Gasteiger partial charge in [-0.15, -0.1) is 0 Å². The van der Waals surface area contributed by atoms with E-state index in [9.17, 15) is 0 Å². The fourth-order valence-corrected chi connectivity index (χ4v) is 1.83. The fraction of sp³-hybridized carbons (Fsp3) is 0. The summed E-state index contributed by atoms with van der Waals surface area (Å²) in [7, 11) is 0. The summed E-state index contributed by atoms with van der Waals surface area (Å²) in [6, 6.07) is 8.17. The molecule has 0 radical (unpaired) electrons. The third kappa shape index (κ3) is 6.77. The molecule has 1 rings (SSSR count). The molecule has 0 aliphatic rings. The molecule has 0 amide bonds. The lowest BCUT2D eigenvalue weighted by Crippen LogP contribution is -1.66. The second-order valence-corrected chi connectivity index (χ2v) is 3.87. The molecule has 0 aliphatic carbocycles. The molecule has 0 spiro atoms. The Morgan fingerprint density at radius 1 is 1.55 bits per heavy atom. The van der Waals surface area contributed by atoms with Gasteiger partial charge in [-0.3, -0.25) is 4.79 Å². The lowest BCUT2D eigenvalue weighted by atomic mass is 10.4. The van der Waals surface area contributed by atoms with Crippen molar-refractivity contribution >= 4 is 55.9 Å². The number of halogens is 3. The summed E-state index contributed by atoms with van der Waals surface area (Å²) in [5.74, 6) is 0.222. The molecule has 11 heavy (non-hydrogen) atoms. The van der Waals surface area contributed by atoms with Crippen molar-refractivity contribution in [3.63, 3.8) is 0 Å². The number of carbonyl (C=O) groups excluding carboxylic acids is 1. The first-order valence-electron chi connectivity index (χ1n) is 2.65. The Morgan fingerprint density at radius 2 is 2.09 bits per heavy atom. The van der Waals surface area contributed by atoms with Crippen LogP contribution in [0.2, 0.25) is 0 Å². The SMILES string of the molecule is Brc1cccc(I)c1.O=CCl. The highest BCUT2D eigenvalue weighted by Crippen LogP contribution is 2.12. The Hall–Kier alpha value is 0.390. The molecule has 4 heteroatoms. The molecular formula is C7H5BrClIO. The van der Waals surface area contributed by atoms with E-state index in [1.54, 1.807) is 0 Å². The van der Waals surface area contributed by atoms with E-state index in [1.807, 2.05) is 12.1 Å². The molecule has 0 atom stereocenters. The van der Waals surface area contributed by atoms with E-state index in [0.717, 1.165) is 4.47 Å². The third-order valence-electron chi connectivity index (χ3n) is 0.787. The number of hydrogen-bond donors (Lipinski definition) is 0. The molecule has 0 bridgehead atoms. The van der Waals surface area contributed by atoms with Crippen molar-refractivity contribution in [1.29, 1.82) is 0 Å². The van der Waals surface area contributed by atoms with E-state index in [1.165, 1.54) is 3.57 Å².